The van der Waals surface area contributed by atoms with Crippen molar-refractivity contribution in [3.8, 4) is 0 Å². The minimum Gasteiger partial charge on any atom is -0.411 e. The molecule has 29 heavy (non-hydrogen) atoms. The van der Waals surface area contributed by atoms with Gasteiger partial charge < -0.3 is 5.21 Å². The van der Waals surface area contributed by atoms with Gasteiger partial charge in [0.05, 0.1) is 11.9 Å². The molecule has 3 saturated carbocycles. The Balaban J connectivity index is 1.37. The van der Waals surface area contributed by atoms with E-state index in [1.807, 2.05) is 6.20 Å². The Morgan fingerprint density at radius 1 is 1.17 bits per heavy atom. The van der Waals surface area contributed by atoms with Crippen LogP contribution in [-0.2, 0) is 0 Å². The van der Waals surface area contributed by atoms with E-state index in [9.17, 15) is 9.60 Å². The first-order valence-electron chi connectivity index (χ1n) is 11.2. The van der Waals surface area contributed by atoms with Gasteiger partial charge in [-0.3, -0.25) is 4.98 Å². The van der Waals surface area contributed by atoms with E-state index in [2.05, 4.69) is 36.1 Å². The second kappa shape index (κ2) is 5.80. The van der Waals surface area contributed by atoms with E-state index in [4.69, 9.17) is 0 Å². The highest BCUT2D eigenvalue weighted by Crippen LogP contribution is 2.74. The molecule has 6 rings (SSSR count). The van der Waals surface area contributed by atoms with Crippen LogP contribution in [-0.4, -0.2) is 15.9 Å². The number of oxime groups is 1. The predicted molar refractivity (Wildman–Crippen MR) is 111 cm³/mol. The summed E-state index contributed by atoms with van der Waals surface area (Å²) in [4.78, 5) is 4.13. The average Bonchev–Trinajstić information content (AvgIpc) is 3.42. The van der Waals surface area contributed by atoms with Crippen molar-refractivity contribution in [3.63, 3.8) is 0 Å². The Bertz CT molecular complexity index is 981. The number of hydrogen-bond acceptors (Lipinski definition) is 3. The number of hydrogen-bond donors (Lipinski definition) is 1. The Labute approximate surface area is 171 Å². The summed E-state index contributed by atoms with van der Waals surface area (Å²) < 4.78 is 13.9. The Morgan fingerprint density at radius 2 is 2.03 bits per heavy atom. The SMILES string of the molecule is C[C@]12CC/C(=N\O)C=C1C1CC1[C@@H]1[C@@H]2CC[C@]2(C)C(c3cncc(F)c3)=CC[C@@H]12. The van der Waals surface area contributed by atoms with Gasteiger partial charge in [-0.1, -0.05) is 30.7 Å². The minimum absolute atomic E-state index is 0.133. The first-order valence-corrected chi connectivity index (χ1v) is 11.2. The molecule has 1 N–H and O–H groups in total. The number of fused-ring (bicyclic) bond motifs is 8. The third-order valence-corrected chi connectivity index (χ3v) is 9.49. The summed E-state index contributed by atoms with van der Waals surface area (Å²) in [5.41, 5.74) is 5.13. The molecule has 0 saturated heterocycles. The van der Waals surface area contributed by atoms with Gasteiger partial charge in [-0.05, 0) is 102 Å². The van der Waals surface area contributed by atoms with Crippen molar-refractivity contribution < 1.29 is 9.60 Å². The van der Waals surface area contributed by atoms with Gasteiger partial charge in [0.2, 0.25) is 0 Å². The van der Waals surface area contributed by atoms with Crippen molar-refractivity contribution >= 4 is 11.3 Å². The molecule has 152 valence electrons. The third-order valence-electron chi connectivity index (χ3n) is 9.49. The number of halogens is 1. The van der Waals surface area contributed by atoms with Crippen LogP contribution in [0.5, 0.6) is 0 Å². The molecule has 1 heterocycles. The van der Waals surface area contributed by atoms with Gasteiger partial charge in [-0.2, -0.15) is 0 Å². The van der Waals surface area contributed by atoms with Gasteiger partial charge in [0.1, 0.15) is 5.82 Å². The lowest BCUT2D eigenvalue weighted by molar-refractivity contribution is -0.0269. The Kier molecular flexibility index (Phi) is 3.57. The fraction of sp³-hybridized carbons (Fsp3) is 0.600. The second-order valence-corrected chi connectivity index (χ2v) is 10.6. The largest absolute Gasteiger partial charge is 0.411 e. The molecule has 7 atom stereocenters. The average molecular weight is 393 g/mol. The standard InChI is InChI=1S/C25H29FN2O/c1-24-8-6-21-23(20(24)4-3-19(24)14-9-15(26)13-27-12-14)18-11-17(18)22-10-16(28-29)5-7-25(21,22)2/h3,9-10,12-13,17-18,20-21,23,29H,4-8,11H2,1-2H3/b28-16+/t17?,18?,20-,21-,23-,24+,25+/m0/s1. The van der Waals surface area contributed by atoms with Crippen LogP contribution in [0.4, 0.5) is 4.39 Å². The van der Waals surface area contributed by atoms with Crippen molar-refractivity contribution in [2.75, 3.05) is 0 Å². The molecule has 0 aromatic carbocycles. The van der Waals surface area contributed by atoms with Crippen molar-refractivity contribution in [2.24, 2.45) is 45.6 Å². The monoisotopic (exact) mass is 392 g/mol. The zero-order valence-electron chi connectivity index (χ0n) is 17.2. The van der Waals surface area contributed by atoms with Gasteiger partial charge in [-0.25, -0.2) is 4.39 Å². The first-order chi connectivity index (χ1) is 14.0. The van der Waals surface area contributed by atoms with Gasteiger partial charge in [0, 0.05) is 6.20 Å². The van der Waals surface area contributed by atoms with E-state index in [1.165, 1.54) is 31.0 Å². The number of aromatic nitrogens is 1. The van der Waals surface area contributed by atoms with E-state index in [0.717, 1.165) is 42.4 Å². The molecule has 1 aromatic heterocycles. The van der Waals surface area contributed by atoms with Crippen LogP contribution in [0.3, 0.4) is 0 Å². The number of nitrogens with zero attached hydrogens (tertiary/aromatic N) is 2. The summed E-state index contributed by atoms with van der Waals surface area (Å²) >= 11 is 0. The van der Waals surface area contributed by atoms with E-state index >= 15 is 0 Å². The Hall–Kier alpha value is -1.97. The van der Waals surface area contributed by atoms with Crippen LogP contribution in [0.1, 0.15) is 57.9 Å². The van der Waals surface area contributed by atoms with Gasteiger partial charge in [0.15, 0.2) is 0 Å². The molecular weight excluding hydrogens is 363 g/mol. The lowest BCUT2D eigenvalue weighted by atomic mass is 9.46. The van der Waals surface area contributed by atoms with Gasteiger partial charge in [-0.15, -0.1) is 0 Å². The Morgan fingerprint density at radius 3 is 2.83 bits per heavy atom. The fourth-order valence-corrected chi connectivity index (χ4v) is 8.07. The molecule has 0 amide bonds. The molecule has 0 bridgehead atoms. The van der Waals surface area contributed by atoms with Crippen molar-refractivity contribution in [1.82, 2.24) is 4.98 Å². The predicted octanol–water partition coefficient (Wildman–Crippen LogP) is 5.86. The highest BCUT2D eigenvalue weighted by molar-refractivity contribution is 5.96. The highest BCUT2D eigenvalue weighted by atomic mass is 19.1. The third kappa shape index (κ3) is 2.29. The zero-order chi connectivity index (χ0) is 20.0. The lowest BCUT2D eigenvalue weighted by Crippen LogP contribution is -2.51. The lowest BCUT2D eigenvalue weighted by Gasteiger charge is -2.57. The highest BCUT2D eigenvalue weighted by Gasteiger charge is 2.66. The molecule has 1 aromatic rings. The molecule has 4 heteroatoms. The fourth-order valence-electron chi connectivity index (χ4n) is 8.07. The van der Waals surface area contributed by atoms with Crippen molar-refractivity contribution in [1.29, 1.82) is 0 Å². The van der Waals surface area contributed by atoms with Crippen LogP contribution < -0.4 is 0 Å². The summed E-state index contributed by atoms with van der Waals surface area (Å²) in [6.07, 6.45) is 14.6. The molecule has 3 nitrogen and oxygen atoms in total. The number of rotatable bonds is 1. The topological polar surface area (TPSA) is 45.5 Å². The molecular formula is C25H29FN2O. The van der Waals surface area contributed by atoms with E-state index in [1.54, 1.807) is 11.6 Å². The molecule has 0 radical (unpaired) electrons. The number of allylic oxidation sites excluding steroid dienone is 4. The maximum atomic E-state index is 13.9. The van der Waals surface area contributed by atoms with Crippen LogP contribution in [0.2, 0.25) is 0 Å². The molecule has 0 spiro atoms. The zero-order valence-corrected chi connectivity index (χ0v) is 17.2. The molecule has 5 aliphatic rings. The molecule has 5 aliphatic carbocycles. The quantitative estimate of drug-likeness (QED) is 0.480. The summed E-state index contributed by atoms with van der Waals surface area (Å²) in [6.45, 7) is 4.92. The number of pyridine rings is 1. The van der Waals surface area contributed by atoms with Crippen LogP contribution in [0.25, 0.3) is 5.57 Å². The van der Waals surface area contributed by atoms with Gasteiger partial charge >= 0.3 is 0 Å². The van der Waals surface area contributed by atoms with E-state index in [0.29, 0.717) is 17.8 Å². The smallest absolute Gasteiger partial charge is 0.142 e. The van der Waals surface area contributed by atoms with Crippen molar-refractivity contribution in [2.45, 2.75) is 52.4 Å². The summed E-state index contributed by atoms with van der Waals surface area (Å²) in [6, 6.07) is 1.67. The summed E-state index contributed by atoms with van der Waals surface area (Å²) in [5.74, 6) is 3.34. The first kappa shape index (κ1) is 17.9. The van der Waals surface area contributed by atoms with Crippen LogP contribution in [0, 0.1) is 46.2 Å². The minimum atomic E-state index is -0.241. The van der Waals surface area contributed by atoms with Crippen molar-refractivity contribution in [3.05, 3.63) is 47.6 Å². The van der Waals surface area contributed by atoms with Crippen LogP contribution >= 0.6 is 0 Å². The van der Waals surface area contributed by atoms with Crippen LogP contribution in [0.15, 0.2) is 41.3 Å². The van der Waals surface area contributed by atoms with E-state index in [-0.39, 0.29) is 16.6 Å². The maximum absolute atomic E-state index is 13.9. The normalized spacial score (nSPS) is 46.2. The van der Waals surface area contributed by atoms with E-state index < -0.39 is 0 Å². The molecule has 2 unspecified atom stereocenters. The molecule has 0 aliphatic heterocycles. The summed E-state index contributed by atoms with van der Waals surface area (Å²) in [7, 11) is 0. The summed E-state index contributed by atoms with van der Waals surface area (Å²) in [5, 5.41) is 12.9. The second-order valence-electron chi connectivity index (χ2n) is 10.6. The van der Waals surface area contributed by atoms with Gasteiger partial charge in [0.25, 0.3) is 0 Å². The maximum Gasteiger partial charge on any atom is 0.142 e. The molecule has 3 fully saturated rings.